The molecule has 2 fully saturated rings. The van der Waals surface area contributed by atoms with E-state index in [4.69, 9.17) is 5.84 Å². The van der Waals surface area contributed by atoms with Gasteiger partial charge >= 0.3 is 0 Å². The molecule has 4 heteroatoms. The first-order valence-corrected chi connectivity index (χ1v) is 8.39. The summed E-state index contributed by atoms with van der Waals surface area (Å²) in [5, 5.41) is 0. The van der Waals surface area contributed by atoms with Gasteiger partial charge in [0.1, 0.15) is 0 Å². The summed E-state index contributed by atoms with van der Waals surface area (Å²) in [4.78, 5) is 2.59. The number of nitrogens with two attached hydrogens (primary N) is 1. The van der Waals surface area contributed by atoms with Gasteiger partial charge in [0, 0.05) is 22.6 Å². The first-order valence-electron chi connectivity index (χ1n) is 7.60. The summed E-state index contributed by atoms with van der Waals surface area (Å²) in [6, 6.07) is 10.4. The molecule has 3 N–H and O–H groups in total. The number of rotatable bonds is 4. The molecule has 1 aromatic rings. The average Bonchev–Trinajstić information content (AvgIpc) is 2.67. The van der Waals surface area contributed by atoms with Crippen LogP contribution in [0.15, 0.2) is 28.7 Å². The summed E-state index contributed by atoms with van der Waals surface area (Å²) in [7, 11) is 2.29. The molecule has 0 spiro atoms. The van der Waals surface area contributed by atoms with E-state index < -0.39 is 0 Å². The number of hydrogen-bond donors (Lipinski definition) is 2. The van der Waals surface area contributed by atoms with E-state index in [1.807, 2.05) is 0 Å². The molecule has 2 heterocycles. The minimum atomic E-state index is 0.380. The van der Waals surface area contributed by atoms with Crippen molar-refractivity contribution in [2.24, 2.45) is 11.8 Å². The van der Waals surface area contributed by atoms with E-state index in [1.165, 1.54) is 35.7 Å². The normalized spacial score (nSPS) is 31.4. The minimum Gasteiger partial charge on any atom is -0.300 e. The van der Waals surface area contributed by atoms with Gasteiger partial charge in [0.25, 0.3) is 0 Å². The largest absolute Gasteiger partial charge is 0.300 e. The highest BCUT2D eigenvalue weighted by Gasteiger charge is 2.40. The number of piperidine rings is 1. The van der Waals surface area contributed by atoms with E-state index in [2.05, 4.69) is 57.6 Å². The van der Waals surface area contributed by atoms with Crippen molar-refractivity contribution in [3.05, 3.63) is 34.3 Å². The van der Waals surface area contributed by atoms with Crippen molar-refractivity contribution in [2.45, 2.75) is 50.2 Å². The molecule has 2 bridgehead atoms. The molecule has 0 saturated carbocycles. The summed E-state index contributed by atoms with van der Waals surface area (Å²) in [6.07, 6.45) is 6.30. The van der Waals surface area contributed by atoms with Gasteiger partial charge in [0.15, 0.2) is 0 Å². The third-order valence-corrected chi connectivity index (χ3v) is 6.09. The molecule has 3 atom stereocenters. The van der Waals surface area contributed by atoms with Crippen molar-refractivity contribution in [1.82, 2.24) is 10.3 Å². The Morgan fingerprint density at radius 2 is 1.95 bits per heavy atom. The van der Waals surface area contributed by atoms with Crippen LogP contribution in [0.25, 0.3) is 0 Å². The lowest BCUT2D eigenvalue weighted by atomic mass is 9.83. The number of hydrogen-bond acceptors (Lipinski definition) is 3. The molecule has 3 nitrogen and oxygen atoms in total. The topological polar surface area (TPSA) is 41.3 Å². The van der Waals surface area contributed by atoms with Gasteiger partial charge in [-0.15, -0.1) is 0 Å². The maximum absolute atomic E-state index is 5.87. The maximum atomic E-state index is 5.87. The number of fused-ring (bicyclic) bond motifs is 2. The van der Waals surface area contributed by atoms with Crippen LogP contribution in [-0.4, -0.2) is 30.1 Å². The second kappa shape index (κ2) is 6.14. The highest BCUT2D eigenvalue weighted by Crippen LogP contribution is 2.39. The zero-order valence-electron chi connectivity index (χ0n) is 12.1. The van der Waals surface area contributed by atoms with Crippen molar-refractivity contribution in [3.8, 4) is 0 Å². The van der Waals surface area contributed by atoms with Crippen LogP contribution in [0.5, 0.6) is 0 Å². The zero-order chi connectivity index (χ0) is 14.1. The number of hydrazine groups is 1. The lowest BCUT2D eigenvalue weighted by Crippen LogP contribution is -2.49. The highest BCUT2D eigenvalue weighted by molar-refractivity contribution is 9.10. The Morgan fingerprint density at radius 1 is 1.30 bits per heavy atom. The Balaban J connectivity index is 1.70. The number of benzene rings is 1. The fraction of sp³-hybridized carbons (Fsp3) is 0.625. The molecule has 110 valence electrons. The predicted octanol–water partition coefficient (Wildman–Crippen LogP) is 2.70. The minimum absolute atomic E-state index is 0.380. The van der Waals surface area contributed by atoms with E-state index in [0.29, 0.717) is 12.0 Å². The van der Waals surface area contributed by atoms with Crippen LogP contribution in [0.2, 0.25) is 0 Å². The van der Waals surface area contributed by atoms with Gasteiger partial charge in [-0.25, -0.2) is 0 Å². The van der Waals surface area contributed by atoms with Crippen molar-refractivity contribution in [1.29, 1.82) is 0 Å². The van der Waals surface area contributed by atoms with Gasteiger partial charge in [0.2, 0.25) is 0 Å². The quantitative estimate of drug-likeness (QED) is 0.655. The van der Waals surface area contributed by atoms with Crippen molar-refractivity contribution in [2.75, 3.05) is 7.05 Å². The fourth-order valence-electron chi connectivity index (χ4n) is 4.04. The van der Waals surface area contributed by atoms with Crippen LogP contribution in [0.3, 0.4) is 0 Å². The Hall–Kier alpha value is -0.420. The highest BCUT2D eigenvalue weighted by atomic mass is 79.9. The Morgan fingerprint density at radius 3 is 2.55 bits per heavy atom. The summed E-state index contributed by atoms with van der Waals surface area (Å²) in [5.41, 5.74) is 4.44. The number of halogens is 1. The number of nitrogens with zero attached hydrogens (tertiary/aromatic N) is 1. The molecule has 0 radical (unpaired) electrons. The standard InChI is InChI=1S/C16H24BrN3/c1-20-13-6-7-14(20)9-12(8-13)16(19-18)10-11-4-2-3-5-15(11)17/h2-5,12-14,16,19H,6-10,18H2,1H3. The average molecular weight is 338 g/mol. The third kappa shape index (κ3) is 2.80. The summed E-state index contributed by atoms with van der Waals surface area (Å²) in [5.74, 6) is 6.56. The Kier molecular flexibility index (Phi) is 4.46. The lowest BCUT2D eigenvalue weighted by Gasteiger charge is -2.39. The van der Waals surface area contributed by atoms with Crippen molar-refractivity contribution >= 4 is 15.9 Å². The molecule has 20 heavy (non-hydrogen) atoms. The maximum Gasteiger partial charge on any atom is 0.0280 e. The second-order valence-corrected chi connectivity index (χ2v) is 7.20. The van der Waals surface area contributed by atoms with Gasteiger partial charge in [-0.1, -0.05) is 34.1 Å². The molecular weight excluding hydrogens is 314 g/mol. The SMILES string of the molecule is CN1C2CCC1CC(C(Cc1ccccc1Br)NN)C2. The van der Waals surface area contributed by atoms with E-state index in [1.54, 1.807) is 0 Å². The monoisotopic (exact) mass is 337 g/mol. The molecule has 0 amide bonds. The molecule has 2 saturated heterocycles. The van der Waals surface area contributed by atoms with Gasteiger partial charge in [-0.05, 0) is 56.7 Å². The van der Waals surface area contributed by atoms with Crippen molar-refractivity contribution in [3.63, 3.8) is 0 Å². The second-order valence-electron chi connectivity index (χ2n) is 6.35. The van der Waals surface area contributed by atoms with Crippen LogP contribution < -0.4 is 11.3 Å². The first kappa shape index (κ1) is 14.5. The summed E-state index contributed by atoms with van der Waals surface area (Å²) in [6.45, 7) is 0. The molecule has 2 aliphatic rings. The molecular formula is C16H24BrN3. The van der Waals surface area contributed by atoms with E-state index in [0.717, 1.165) is 18.5 Å². The van der Waals surface area contributed by atoms with E-state index in [9.17, 15) is 0 Å². The molecule has 0 aliphatic carbocycles. The molecule has 0 aromatic heterocycles. The van der Waals surface area contributed by atoms with Crippen LogP contribution in [-0.2, 0) is 6.42 Å². The van der Waals surface area contributed by atoms with Gasteiger partial charge < -0.3 is 4.90 Å². The van der Waals surface area contributed by atoms with E-state index in [-0.39, 0.29) is 0 Å². The molecule has 3 unspecified atom stereocenters. The third-order valence-electron chi connectivity index (χ3n) is 5.32. The molecule has 3 rings (SSSR count). The summed E-state index contributed by atoms with van der Waals surface area (Å²) < 4.78 is 1.19. The lowest BCUT2D eigenvalue weighted by molar-refractivity contribution is 0.112. The van der Waals surface area contributed by atoms with Crippen molar-refractivity contribution < 1.29 is 0 Å². The Labute approximate surface area is 130 Å². The predicted molar refractivity (Wildman–Crippen MR) is 86.3 cm³/mol. The Bertz CT molecular complexity index is 451. The van der Waals surface area contributed by atoms with Crippen LogP contribution in [0.1, 0.15) is 31.2 Å². The van der Waals surface area contributed by atoms with Crippen LogP contribution >= 0.6 is 15.9 Å². The van der Waals surface area contributed by atoms with Crippen LogP contribution in [0.4, 0.5) is 0 Å². The van der Waals surface area contributed by atoms with E-state index >= 15 is 0 Å². The number of nitrogens with one attached hydrogen (secondary N) is 1. The smallest absolute Gasteiger partial charge is 0.0280 e. The van der Waals surface area contributed by atoms with Gasteiger partial charge in [-0.2, -0.15) is 0 Å². The molecule has 1 aromatic carbocycles. The van der Waals surface area contributed by atoms with Gasteiger partial charge in [0.05, 0.1) is 0 Å². The zero-order valence-corrected chi connectivity index (χ0v) is 13.6. The van der Waals surface area contributed by atoms with Gasteiger partial charge in [-0.3, -0.25) is 11.3 Å². The first-order chi connectivity index (χ1) is 9.69. The molecule has 2 aliphatic heterocycles. The fourth-order valence-corrected chi connectivity index (χ4v) is 4.49. The van der Waals surface area contributed by atoms with Crippen LogP contribution in [0, 0.1) is 5.92 Å². The summed E-state index contributed by atoms with van der Waals surface area (Å²) >= 11 is 3.65.